The SMILES string of the molecule is CCC/C=C(/C)NC(=O)C(C)S. The molecular weight excluding hydrogens is 170 g/mol. The van der Waals surface area contributed by atoms with Crippen molar-refractivity contribution in [2.24, 2.45) is 0 Å². The molecule has 0 aliphatic rings. The van der Waals surface area contributed by atoms with Gasteiger partial charge in [-0.15, -0.1) is 0 Å². The molecule has 1 unspecified atom stereocenters. The van der Waals surface area contributed by atoms with E-state index in [0.29, 0.717) is 0 Å². The van der Waals surface area contributed by atoms with Crippen LogP contribution in [0.15, 0.2) is 11.8 Å². The van der Waals surface area contributed by atoms with E-state index >= 15 is 0 Å². The van der Waals surface area contributed by atoms with E-state index in [9.17, 15) is 4.79 Å². The summed E-state index contributed by atoms with van der Waals surface area (Å²) in [6.07, 6.45) is 4.13. The molecule has 0 rings (SSSR count). The van der Waals surface area contributed by atoms with Gasteiger partial charge in [0.2, 0.25) is 5.91 Å². The summed E-state index contributed by atoms with van der Waals surface area (Å²) in [5.41, 5.74) is 0.919. The number of carbonyl (C=O) groups excluding carboxylic acids is 1. The lowest BCUT2D eigenvalue weighted by molar-refractivity contribution is -0.119. The Labute approximate surface area is 79.8 Å². The second kappa shape index (κ2) is 6.12. The quantitative estimate of drug-likeness (QED) is 0.649. The van der Waals surface area contributed by atoms with Crippen molar-refractivity contribution >= 4 is 18.5 Å². The minimum absolute atomic E-state index is 0.0387. The van der Waals surface area contributed by atoms with Gasteiger partial charge in [-0.2, -0.15) is 12.6 Å². The van der Waals surface area contributed by atoms with Crippen LogP contribution in [0.1, 0.15) is 33.6 Å². The van der Waals surface area contributed by atoms with Gasteiger partial charge >= 0.3 is 0 Å². The molecule has 0 aromatic rings. The molecule has 0 radical (unpaired) electrons. The largest absolute Gasteiger partial charge is 0.329 e. The van der Waals surface area contributed by atoms with Gasteiger partial charge in [0.25, 0.3) is 0 Å². The van der Waals surface area contributed by atoms with Gasteiger partial charge in [-0.25, -0.2) is 0 Å². The Balaban J connectivity index is 3.83. The maximum absolute atomic E-state index is 11.1. The zero-order valence-corrected chi connectivity index (χ0v) is 8.82. The standard InChI is InChI=1S/C9H17NOS/c1-4-5-6-7(2)10-9(11)8(3)12/h6,8,12H,4-5H2,1-3H3,(H,10,11)/b7-6-. The summed E-state index contributed by atoms with van der Waals surface area (Å²) < 4.78 is 0. The Morgan fingerprint density at radius 2 is 2.25 bits per heavy atom. The maximum atomic E-state index is 11.1. The molecule has 0 saturated heterocycles. The summed E-state index contributed by atoms with van der Waals surface area (Å²) >= 11 is 4.02. The van der Waals surface area contributed by atoms with Crippen LogP contribution in [-0.4, -0.2) is 11.2 Å². The van der Waals surface area contributed by atoms with Crippen molar-refractivity contribution in [3.05, 3.63) is 11.8 Å². The fraction of sp³-hybridized carbons (Fsp3) is 0.667. The van der Waals surface area contributed by atoms with Crippen molar-refractivity contribution < 1.29 is 4.79 Å². The van der Waals surface area contributed by atoms with Gasteiger partial charge in [-0.1, -0.05) is 19.4 Å². The van der Waals surface area contributed by atoms with Crippen molar-refractivity contribution in [3.8, 4) is 0 Å². The van der Waals surface area contributed by atoms with E-state index in [-0.39, 0.29) is 11.2 Å². The monoisotopic (exact) mass is 187 g/mol. The predicted octanol–water partition coefficient (Wildman–Crippen LogP) is 2.12. The van der Waals surface area contributed by atoms with Crippen LogP contribution in [0, 0.1) is 0 Å². The third kappa shape index (κ3) is 5.24. The molecule has 0 aliphatic heterocycles. The topological polar surface area (TPSA) is 29.1 Å². The molecule has 2 nitrogen and oxygen atoms in total. The second-order valence-electron chi connectivity index (χ2n) is 2.84. The van der Waals surface area contributed by atoms with Crippen LogP contribution in [0.4, 0.5) is 0 Å². The van der Waals surface area contributed by atoms with E-state index in [0.717, 1.165) is 18.5 Å². The minimum atomic E-state index is -0.241. The van der Waals surface area contributed by atoms with E-state index in [1.54, 1.807) is 6.92 Å². The molecule has 3 heteroatoms. The van der Waals surface area contributed by atoms with Crippen LogP contribution in [0.5, 0.6) is 0 Å². The fourth-order valence-electron chi connectivity index (χ4n) is 0.711. The summed E-state index contributed by atoms with van der Waals surface area (Å²) in [5, 5.41) is 2.52. The molecule has 1 N–H and O–H groups in total. The summed E-state index contributed by atoms with van der Waals surface area (Å²) in [6.45, 7) is 5.75. The molecule has 1 atom stereocenters. The first-order valence-electron chi connectivity index (χ1n) is 4.23. The van der Waals surface area contributed by atoms with Gasteiger partial charge in [-0.05, 0) is 20.3 Å². The Hall–Kier alpha value is -0.440. The molecule has 0 fully saturated rings. The summed E-state index contributed by atoms with van der Waals surface area (Å²) in [4.78, 5) is 11.1. The first-order valence-corrected chi connectivity index (χ1v) is 4.75. The Morgan fingerprint density at radius 1 is 1.67 bits per heavy atom. The molecular formula is C9H17NOS. The predicted molar refractivity (Wildman–Crippen MR) is 55.3 cm³/mol. The number of hydrogen-bond donors (Lipinski definition) is 2. The molecule has 0 saturated carbocycles. The van der Waals surface area contributed by atoms with Crippen molar-refractivity contribution in [1.29, 1.82) is 0 Å². The number of nitrogens with one attached hydrogen (secondary N) is 1. The highest BCUT2D eigenvalue weighted by atomic mass is 32.1. The molecule has 0 spiro atoms. The Morgan fingerprint density at radius 3 is 2.67 bits per heavy atom. The molecule has 0 bridgehead atoms. The molecule has 0 aliphatic carbocycles. The highest BCUT2D eigenvalue weighted by Gasteiger charge is 2.06. The van der Waals surface area contributed by atoms with Gasteiger partial charge in [0.05, 0.1) is 5.25 Å². The normalized spacial score (nSPS) is 14.2. The van der Waals surface area contributed by atoms with Gasteiger partial charge in [0, 0.05) is 5.70 Å². The van der Waals surface area contributed by atoms with E-state index in [1.165, 1.54) is 0 Å². The third-order valence-corrected chi connectivity index (χ3v) is 1.67. The maximum Gasteiger partial charge on any atom is 0.236 e. The van der Waals surface area contributed by atoms with Crippen LogP contribution in [0.3, 0.4) is 0 Å². The molecule has 0 heterocycles. The van der Waals surface area contributed by atoms with Crippen molar-refractivity contribution in [2.75, 3.05) is 0 Å². The smallest absolute Gasteiger partial charge is 0.236 e. The van der Waals surface area contributed by atoms with Crippen molar-refractivity contribution in [2.45, 2.75) is 38.9 Å². The van der Waals surface area contributed by atoms with Crippen molar-refractivity contribution in [3.63, 3.8) is 0 Å². The number of unbranched alkanes of at least 4 members (excludes halogenated alkanes) is 1. The van der Waals surface area contributed by atoms with E-state index in [1.807, 2.05) is 13.0 Å². The molecule has 0 aromatic carbocycles. The highest BCUT2D eigenvalue weighted by Crippen LogP contribution is 1.97. The third-order valence-electron chi connectivity index (χ3n) is 1.44. The van der Waals surface area contributed by atoms with E-state index in [4.69, 9.17) is 0 Å². The van der Waals surface area contributed by atoms with Gasteiger partial charge in [0.1, 0.15) is 0 Å². The number of carbonyl (C=O) groups is 1. The first kappa shape index (κ1) is 11.6. The summed E-state index contributed by atoms with van der Waals surface area (Å²) in [5.74, 6) is -0.0387. The van der Waals surface area contributed by atoms with Crippen LogP contribution < -0.4 is 5.32 Å². The average Bonchev–Trinajstić information content (AvgIpc) is 2.00. The number of rotatable bonds is 4. The Kier molecular flexibility index (Phi) is 5.89. The lowest BCUT2D eigenvalue weighted by Gasteiger charge is -2.06. The van der Waals surface area contributed by atoms with Gasteiger partial charge in [-0.3, -0.25) is 4.79 Å². The van der Waals surface area contributed by atoms with Crippen molar-refractivity contribution in [1.82, 2.24) is 5.32 Å². The number of allylic oxidation sites excluding steroid dienone is 2. The summed E-state index contributed by atoms with van der Waals surface area (Å²) in [7, 11) is 0. The number of hydrogen-bond acceptors (Lipinski definition) is 2. The minimum Gasteiger partial charge on any atom is -0.329 e. The van der Waals surface area contributed by atoms with Crippen LogP contribution in [-0.2, 0) is 4.79 Å². The van der Waals surface area contributed by atoms with Crippen LogP contribution in [0.2, 0.25) is 0 Å². The zero-order valence-electron chi connectivity index (χ0n) is 7.92. The fourth-order valence-corrected chi connectivity index (χ4v) is 0.775. The van der Waals surface area contributed by atoms with Gasteiger partial charge < -0.3 is 5.32 Å². The zero-order chi connectivity index (χ0) is 9.56. The van der Waals surface area contributed by atoms with E-state index < -0.39 is 0 Å². The number of thiol groups is 1. The average molecular weight is 187 g/mol. The molecule has 1 amide bonds. The van der Waals surface area contributed by atoms with Crippen LogP contribution >= 0.6 is 12.6 Å². The molecule has 0 aromatic heterocycles. The van der Waals surface area contributed by atoms with E-state index in [2.05, 4.69) is 24.9 Å². The highest BCUT2D eigenvalue weighted by molar-refractivity contribution is 7.81. The van der Waals surface area contributed by atoms with Gasteiger partial charge in [0.15, 0.2) is 0 Å². The van der Waals surface area contributed by atoms with Crippen LogP contribution in [0.25, 0.3) is 0 Å². The first-order chi connectivity index (χ1) is 5.57. The molecule has 70 valence electrons. The Bertz CT molecular complexity index is 175. The lowest BCUT2D eigenvalue weighted by atomic mass is 10.3. The molecule has 12 heavy (non-hydrogen) atoms. The lowest BCUT2D eigenvalue weighted by Crippen LogP contribution is -2.28. The second-order valence-corrected chi connectivity index (χ2v) is 3.62. The number of amides is 1. The summed E-state index contributed by atoms with van der Waals surface area (Å²) in [6, 6.07) is 0.